The minimum atomic E-state index is -1.43. The molecule has 3 aromatic rings. The lowest BCUT2D eigenvalue weighted by Crippen LogP contribution is -2.26. The van der Waals surface area contributed by atoms with Crippen LogP contribution in [0.3, 0.4) is 0 Å². The molecule has 146 valence electrons. The lowest BCUT2D eigenvalue weighted by atomic mass is 10.1. The number of carboxylic acid groups (broad SMARTS) is 1. The number of carbonyl (C=O) groups is 3. The highest BCUT2D eigenvalue weighted by Crippen LogP contribution is 2.23. The molecule has 0 aliphatic carbocycles. The van der Waals surface area contributed by atoms with Gasteiger partial charge in [0.2, 0.25) is 0 Å². The molecule has 29 heavy (non-hydrogen) atoms. The summed E-state index contributed by atoms with van der Waals surface area (Å²) in [4.78, 5) is 36.0. The Kier molecular flexibility index (Phi) is 5.95. The standard InChI is InChI=1S/C22H17ClN2O4/c1-13-18(23)7-4-8-19(13)25-20(26)14-9-11-15(12-10-14)24-21(27)16-5-2-3-6-17(16)22(28)29/h2-12H,1H3,(H,24,27)(H,25,26)(H,28,29)/p-1. The second kappa shape index (κ2) is 8.58. The SMILES string of the molecule is Cc1c(Cl)cccc1NC(=O)c1ccc(NC(=O)c2ccccc2C(=O)[O-])cc1. The average Bonchev–Trinajstić information content (AvgIpc) is 2.71. The fourth-order valence-electron chi connectivity index (χ4n) is 2.70. The van der Waals surface area contributed by atoms with Gasteiger partial charge in [-0.1, -0.05) is 35.9 Å². The molecule has 0 aliphatic heterocycles. The van der Waals surface area contributed by atoms with E-state index in [0.717, 1.165) is 5.56 Å². The van der Waals surface area contributed by atoms with Gasteiger partial charge in [0, 0.05) is 33.1 Å². The smallest absolute Gasteiger partial charge is 0.256 e. The van der Waals surface area contributed by atoms with Gasteiger partial charge in [0.15, 0.2) is 0 Å². The molecule has 0 fully saturated rings. The fraction of sp³-hybridized carbons (Fsp3) is 0.0455. The third-order valence-electron chi connectivity index (χ3n) is 4.31. The molecule has 2 N–H and O–H groups in total. The Labute approximate surface area is 172 Å². The summed E-state index contributed by atoms with van der Waals surface area (Å²) in [7, 11) is 0. The van der Waals surface area contributed by atoms with Crippen molar-refractivity contribution in [3.63, 3.8) is 0 Å². The van der Waals surface area contributed by atoms with Gasteiger partial charge in [0.25, 0.3) is 11.8 Å². The number of hydrogen-bond donors (Lipinski definition) is 2. The second-order valence-corrected chi connectivity index (χ2v) is 6.64. The van der Waals surface area contributed by atoms with E-state index < -0.39 is 11.9 Å². The van der Waals surface area contributed by atoms with E-state index >= 15 is 0 Å². The van der Waals surface area contributed by atoms with E-state index in [-0.39, 0.29) is 17.0 Å². The van der Waals surface area contributed by atoms with Crippen molar-refractivity contribution in [2.45, 2.75) is 6.92 Å². The number of carbonyl (C=O) groups excluding carboxylic acids is 3. The van der Waals surface area contributed by atoms with Crippen molar-refractivity contribution < 1.29 is 19.5 Å². The first-order chi connectivity index (χ1) is 13.9. The zero-order valence-electron chi connectivity index (χ0n) is 15.4. The maximum absolute atomic E-state index is 12.4. The Balaban J connectivity index is 1.72. The first-order valence-corrected chi connectivity index (χ1v) is 9.03. The summed E-state index contributed by atoms with van der Waals surface area (Å²) in [6.45, 7) is 1.81. The van der Waals surface area contributed by atoms with E-state index in [2.05, 4.69) is 10.6 Å². The molecule has 0 aromatic heterocycles. The molecular formula is C22H16ClN2O4-. The largest absolute Gasteiger partial charge is 0.545 e. The molecule has 0 bridgehead atoms. The van der Waals surface area contributed by atoms with Gasteiger partial charge in [-0.05, 0) is 55.0 Å². The van der Waals surface area contributed by atoms with Crippen molar-refractivity contribution in [3.8, 4) is 0 Å². The number of amides is 2. The molecule has 2 amide bonds. The van der Waals surface area contributed by atoms with Crippen molar-refractivity contribution in [1.82, 2.24) is 0 Å². The maximum Gasteiger partial charge on any atom is 0.256 e. The Morgan fingerprint density at radius 3 is 2.10 bits per heavy atom. The van der Waals surface area contributed by atoms with E-state index in [9.17, 15) is 19.5 Å². The molecule has 3 rings (SSSR count). The summed E-state index contributed by atoms with van der Waals surface area (Å²) >= 11 is 6.06. The molecule has 0 spiro atoms. The molecule has 0 aliphatic rings. The summed E-state index contributed by atoms with van der Waals surface area (Å²) in [6, 6.07) is 17.2. The molecule has 0 saturated carbocycles. The van der Waals surface area contributed by atoms with Crippen LogP contribution in [0.25, 0.3) is 0 Å². The molecule has 3 aromatic carbocycles. The first kappa shape index (κ1) is 20.1. The molecule has 0 saturated heterocycles. The van der Waals surface area contributed by atoms with Gasteiger partial charge in [-0.2, -0.15) is 0 Å². The molecule has 0 atom stereocenters. The summed E-state index contributed by atoms with van der Waals surface area (Å²) in [5.74, 6) is -2.34. The van der Waals surface area contributed by atoms with Gasteiger partial charge in [-0.15, -0.1) is 0 Å². The Morgan fingerprint density at radius 2 is 1.45 bits per heavy atom. The zero-order valence-corrected chi connectivity index (χ0v) is 16.1. The monoisotopic (exact) mass is 407 g/mol. The predicted molar refractivity (Wildman–Crippen MR) is 109 cm³/mol. The van der Waals surface area contributed by atoms with E-state index in [0.29, 0.717) is 22.0 Å². The number of nitrogens with one attached hydrogen (secondary N) is 2. The lowest BCUT2D eigenvalue weighted by molar-refractivity contribution is -0.255. The maximum atomic E-state index is 12.4. The third-order valence-corrected chi connectivity index (χ3v) is 4.72. The summed E-state index contributed by atoms with van der Waals surface area (Å²) in [5, 5.41) is 17.1. The van der Waals surface area contributed by atoms with Crippen LogP contribution in [0.4, 0.5) is 11.4 Å². The second-order valence-electron chi connectivity index (χ2n) is 6.23. The van der Waals surface area contributed by atoms with E-state index in [1.807, 2.05) is 0 Å². The number of halogens is 1. The van der Waals surface area contributed by atoms with Gasteiger partial charge >= 0.3 is 0 Å². The molecule has 6 nitrogen and oxygen atoms in total. The van der Waals surface area contributed by atoms with Crippen molar-refractivity contribution in [3.05, 3.63) is 94.0 Å². The summed E-state index contributed by atoms with van der Waals surface area (Å²) < 4.78 is 0. The highest BCUT2D eigenvalue weighted by atomic mass is 35.5. The Morgan fingerprint density at radius 1 is 0.793 bits per heavy atom. The van der Waals surface area contributed by atoms with Crippen LogP contribution in [0.2, 0.25) is 5.02 Å². The highest BCUT2D eigenvalue weighted by Gasteiger charge is 2.13. The van der Waals surface area contributed by atoms with Gasteiger partial charge in [-0.3, -0.25) is 9.59 Å². The quantitative estimate of drug-likeness (QED) is 0.676. The Hall–Kier alpha value is -3.64. The molecule has 0 unspecified atom stereocenters. The van der Waals surface area contributed by atoms with Crippen LogP contribution >= 0.6 is 11.6 Å². The van der Waals surface area contributed by atoms with Crippen LogP contribution in [0, 0.1) is 6.92 Å². The number of aromatic carboxylic acids is 1. The van der Waals surface area contributed by atoms with Crippen LogP contribution in [0.15, 0.2) is 66.7 Å². The Bertz CT molecular complexity index is 1090. The number of rotatable bonds is 5. The van der Waals surface area contributed by atoms with E-state index in [1.54, 1.807) is 55.5 Å². The van der Waals surface area contributed by atoms with Crippen LogP contribution in [0.1, 0.15) is 36.6 Å². The topological polar surface area (TPSA) is 98.3 Å². The zero-order chi connectivity index (χ0) is 21.0. The number of hydrogen-bond acceptors (Lipinski definition) is 4. The van der Waals surface area contributed by atoms with Crippen LogP contribution < -0.4 is 15.7 Å². The van der Waals surface area contributed by atoms with Gasteiger partial charge in [0.1, 0.15) is 0 Å². The van der Waals surface area contributed by atoms with Crippen LogP contribution in [0.5, 0.6) is 0 Å². The predicted octanol–water partition coefficient (Wildman–Crippen LogP) is 3.52. The van der Waals surface area contributed by atoms with Crippen molar-refractivity contribution >= 4 is 40.8 Å². The minimum Gasteiger partial charge on any atom is -0.545 e. The van der Waals surface area contributed by atoms with Gasteiger partial charge < -0.3 is 20.5 Å². The number of benzene rings is 3. The first-order valence-electron chi connectivity index (χ1n) is 8.65. The number of carboxylic acids is 1. The normalized spacial score (nSPS) is 10.3. The van der Waals surface area contributed by atoms with Crippen LogP contribution in [-0.2, 0) is 0 Å². The summed E-state index contributed by atoms with van der Waals surface area (Å²) in [6.07, 6.45) is 0. The molecule has 0 heterocycles. The number of anilines is 2. The van der Waals surface area contributed by atoms with E-state index in [4.69, 9.17) is 11.6 Å². The highest BCUT2D eigenvalue weighted by molar-refractivity contribution is 6.31. The molecule has 0 radical (unpaired) electrons. The van der Waals surface area contributed by atoms with Crippen molar-refractivity contribution in [2.75, 3.05) is 10.6 Å². The fourth-order valence-corrected chi connectivity index (χ4v) is 2.87. The van der Waals surface area contributed by atoms with Gasteiger partial charge in [0.05, 0.1) is 5.97 Å². The minimum absolute atomic E-state index is 0.00856. The lowest BCUT2D eigenvalue weighted by Gasteiger charge is -2.12. The molecule has 7 heteroatoms. The van der Waals surface area contributed by atoms with Gasteiger partial charge in [-0.25, -0.2) is 0 Å². The van der Waals surface area contributed by atoms with Crippen LogP contribution in [-0.4, -0.2) is 17.8 Å². The van der Waals surface area contributed by atoms with Crippen molar-refractivity contribution in [2.24, 2.45) is 0 Å². The summed E-state index contributed by atoms with van der Waals surface area (Å²) in [5.41, 5.74) is 1.97. The molecular weight excluding hydrogens is 392 g/mol. The van der Waals surface area contributed by atoms with Crippen molar-refractivity contribution in [1.29, 1.82) is 0 Å². The van der Waals surface area contributed by atoms with E-state index in [1.165, 1.54) is 18.2 Å². The average molecular weight is 408 g/mol. The third kappa shape index (κ3) is 4.62.